The molecule has 0 atom stereocenters. The highest BCUT2D eigenvalue weighted by Gasteiger charge is 2.21. The van der Waals surface area contributed by atoms with Crippen LogP contribution in [0.4, 0.5) is 0 Å². The maximum atomic E-state index is 10.6. The second-order valence-corrected chi connectivity index (χ2v) is 6.80. The average Bonchev–Trinajstić information content (AvgIpc) is 2.86. The van der Waals surface area contributed by atoms with Gasteiger partial charge in [-0.25, -0.2) is 0 Å². The Morgan fingerprint density at radius 2 is 1.90 bits per heavy atom. The number of benzene rings is 1. The summed E-state index contributed by atoms with van der Waals surface area (Å²) < 4.78 is 5.63. The van der Waals surface area contributed by atoms with E-state index < -0.39 is 5.97 Å². The van der Waals surface area contributed by atoms with Crippen LogP contribution in [-0.2, 0) is 22.4 Å². The molecule has 1 N–H and O–H groups in total. The van der Waals surface area contributed by atoms with E-state index in [1.54, 1.807) is 11.8 Å². The highest BCUT2D eigenvalue weighted by atomic mass is 32.2. The minimum absolute atomic E-state index is 0.0452. The van der Waals surface area contributed by atoms with Crippen molar-refractivity contribution in [2.45, 2.75) is 43.3 Å². The third kappa shape index (κ3) is 4.60. The van der Waals surface area contributed by atoms with Gasteiger partial charge in [0.25, 0.3) is 0 Å². The molecule has 0 saturated heterocycles. The molecule has 21 heavy (non-hydrogen) atoms. The van der Waals surface area contributed by atoms with E-state index in [9.17, 15) is 4.79 Å². The summed E-state index contributed by atoms with van der Waals surface area (Å²) in [5, 5.41) is 16.8. The Hall–Kier alpha value is -1.82. The number of aliphatic carboxylic acids is 1. The molecule has 0 aliphatic carbocycles. The third-order valence-electron chi connectivity index (χ3n) is 2.75. The highest BCUT2D eigenvalue weighted by molar-refractivity contribution is 7.98. The molecular weight excluding hydrogens is 288 g/mol. The number of carboxylic acid groups (broad SMARTS) is 1. The van der Waals surface area contributed by atoms with Gasteiger partial charge in [0.2, 0.25) is 11.8 Å². The van der Waals surface area contributed by atoms with Crippen LogP contribution in [0.1, 0.15) is 38.1 Å². The Morgan fingerprint density at radius 1 is 1.24 bits per heavy atom. The molecule has 2 rings (SSSR count). The molecule has 0 fully saturated rings. The second-order valence-electron chi connectivity index (χ2n) is 5.75. The molecule has 112 valence electrons. The van der Waals surface area contributed by atoms with Gasteiger partial charge in [-0.3, -0.25) is 4.79 Å². The maximum Gasteiger partial charge on any atom is 0.307 e. The minimum Gasteiger partial charge on any atom is -0.481 e. The standard InChI is InChI=1S/C15H18N2O3S/c1-15(2,3)14-17-16-12(20-14)9-21-11-6-4-10(5-7-11)8-13(18)19/h4-7H,8-9H2,1-3H3,(H,18,19). The van der Waals surface area contributed by atoms with Crippen molar-refractivity contribution in [2.24, 2.45) is 0 Å². The average molecular weight is 306 g/mol. The fourth-order valence-electron chi connectivity index (χ4n) is 1.64. The summed E-state index contributed by atoms with van der Waals surface area (Å²) in [6.45, 7) is 6.08. The molecule has 0 amide bonds. The number of aromatic nitrogens is 2. The van der Waals surface area contributed by atoms with E-state index in [0.717, 1.165) is 10.5 Å². The van der Waals surface area contributed by atoms with Crippen LogP contribution in [0.5, 0.6) is 0 Å². The van der Waals surface area contributed by atoms with Gasteiger partial charge in [0, 0.05) is 10.3 Å². The van der Waals surface area contributed by atoms with Crippen molar-refractivity contribution in [1.82, 2.24) is 10.2 Å². The van der Waals surface area contributed by atoms with Crippen LogP contribution in [0.25, 0.3) is 0 Å². The molecule has 1 heterocycles. The molecule has 1 aromatic carbocycles. The lowest BCUT2D eigenvalue weighted by Crippen LogP contribution is -2.11. The molecule has 0 spiro atoms. The molecule has 0 aliphatic rings. The fraction of sp³-hybridized carbons (Fsp3) is 0.400. The van der Waals surface area contributed by atoms with E-state index in [1.807, 2.05) is 45.0 Å². The van der Waals surface area contributed by atoms with E-state index in [1.165, 1.54) is 0 Å². The SMILES string of the molecule is CC(C)(C)c1nnc(CSc2ccc(CC(=O)O)cc2)o1. The van der Waals surface area contributed by atoms with Crippen LogP contribution in [0, 0.1) is 0 Å². The van der Waals surface area contributed by atoms with E-state index >= 15 is 0 Å². The van der Waals surface area contributed by atoms with Gasteiger partial charge in [-0.15, -0.1) is 22.0 Å². The lowest BCUT2D eigenvalue weighted by Gasteiger charge is -2.10. The summed E-state index contributed by atoms with van der Waals surface area (Å²) >= 11 is 1.58. The first-order valence-electron chi connectivity index (χ1n) is 6.61. The molecule has 0 radical (unpaired) electrons. The van der Waals surface area contributed by atoms with E-state index in [-0.39, 0.29) is 11.8 Å². The van der Waals surface area contributed by atoms with Crippen LogP contribution < -0.4 is 0 Å². The zero-order valence-electron chi connectivity index (χ0n) is 12.3. The maximum absolute atomic E-state index is 10.6. The van der Waals surface area contributed by atoms with E-state index in [4.69, 9.17) is 9.52 Å². The normalized spacial score (nSPS) is 11.6. The summed E-state index contributed by atoms with van der Waals surface area (Å²) in [5.74, 6) is 1.01. The lowest BCUT2D eigenvalue weighted by molar-refractivity contribution is -0.136. The monoisotopic (exact) mass is 306 g/mol. The Bertz CT molecular complexity index is 615. The number of carboxylic acids is 1. The van der Waals surface area contributed by atoms with E-state index in [0.29, 0.717) is 17.5 Å². The number of thioether (sulfide) groups is 1. The van der Waals surface area contributed by atoms with Crippen LogP contribution >= 0.6 is 11.8 Å². The van der Waals surface area contributed by atoms with Crippen molar-refractivity contribution in [1.29, 1.82) is 0 Å². The molecule has 5 nitrogen and oxygen atoms in total. The van der Waals surface area contributed by atoms with Crippen molar-refractivity contribution in [3.63, 3.8) is 0 Å². The molecular formula is C15H18N2O3S. The number of hydrogen-bond donors (Lipinski definition) is 1. The van der Waals surface area contributed by atoms with Crippen LogP contribution in [0.15, 0.2) is 33.6 Å². The first-order valence-corrected chi connectivity index (χ1v) is 7.59. The first kappa shape index (κ1) is 15.6. The van der Waals surface area contributed by atoms with Gasteiger partial charge in [0.15, 0.2) is 0 Å². The Morgan fingerprint density at radius 3 is 2.43 bits per heavy atom. The molecule has 2 aromatic rings. The lowest BCUT2D eigenvalue weighted by atomic mass is 9.97. The third-order valence-corrected chi connectivity index (χ3v) is 3.75. The van der Waals surface area contributed by atoms with Gasteiger partial charge in [0.1, 0.15) is 0 Å². The van der Waals surface area contributed by atoms with Crippen molar-refractivity contribution in [2.75, 3.05) is 0 Å². The minimum atomic E-state index is -0.823. The summed E-state index contributed by atoms with van der Waals surface area (Å²) in [6, 6.07) is 7.46. The van der Waals surface area contributed by atoms with E-state index in [2.05, 4.69) is 10.2 Å². The predicted octanol–water partition coefficient (Wildman–Crippen LogP) is 3.29. The Kier molecular flexibility index (Phi) is 4.67. The molecule has 0 saturated carbocycles. The van der Waals surface area contributed by atoms with Gasteiger partial charge in [0.05, 0.1) is 12.2 Å². The summed E-state index contributed by atoms with van der Waals surface area (Å²) in [7, 11) is 0. The quantitative estimate of drug-likeness (QED) is 0.854. The zero-order chi connectivity index (χ0) is 15.5. The Balaban J connectivity index is 1.94. The highest BCUT2D eigenvalue weighted by Crippen LogP contribution is 2.25. The van der Waals surface area contributed by atoms with Crippen LogP contribution in [0.3, 0.4) is 0 Å². The van der Waals surface area contributed by atoms with Crippen molar-refractivity contribution in [3.8, 4) is 0 Å². The van der Waals surface area contributed by atoms with Gasteiger partial charge < -0.3 is 9.52 Å². The van der Waals surface area contributed by atoms with Crippen LogP contribution in [-0.4, -0.2) is 21.3 Å². The molecule has 0 aliphatic heterocycles. The van der Waals surface area contributed by atoms with Gasteiger partial charge in [-0.2, -0.15) is 0 Å². The second kappa shape index (κ2) is 6.30. The summed E-state index contributed by atoms with van der Waals surface area (Å²) in [6.07, 6.45) is 0.0452. The number of nitrogens with zero attached hydrogens (tertiary/aromatic N) is 2. The van der Waals surface area contributed by atoms with Crippen LogP contribution in [0.2, 0.25) is 0 Å². The van der Waals surface area contributed by atoms with Gasteiger partial charge in [-0.1, -0.05) is 32.9 Å². The van der Waals surface area contributed by atoms with Crippen molar-refractivity contribution >= 4 is 17.7 Å². The van der Waals surface area contributed by atoms with Gasteiger partial charge in [-0.05, 0) is 17.7 Å². The summed E-state index contributed by atoms with van der Waals surface area (Å²) in [4.78, 5) is 11.7. The van der Waals surface area contributed by atoms with Crippen molar-refractivity contribution < 1.29 is 14.3 Å². The number of rotatable bonds is 5. The number of carbonyl (C=O) groups is 1. The number of hydrogen-bond acceptors (Lipinski definition) is 5. The van der Waals surface area contributed by atoms with Crippen molar-refractivity contribution in [3.05, 3.63) is 41.6 Å². The topological polar surface area (TPSA) is 76.2 Å². The molecule has 6 heteroatoms. The predicted molar refractivity (Wildman–Crippen MR) is 80.3 cm³/mol. The smallest absolute Gasteiger partial charge is 0.307 e. The molecule has 0 bridgehead atoms. The first-order chi connectivity index (χ1) is 9.84. The largest absolute Gasteiger partial charge is 0.481 e. The molecule has 0 unspecified atom stereocenters. The van der Waals surface area contributed by atoms with Gasteiger partial charge >= 0.3 is 5.97 Å². The summed E-state index contributed by atoms with van der Waals surface area (Å²) in [5.41, 5.74) is 0.647. The molecule has 1 aromatic heterocycles. The Labute approximate surface area is 127 Å². The fourth-order valence-corrected chi connectivity index (χ4v) is 2.37. The zero-order valence-corrected chi connectivity index (χ0v) is 13.1.